The van der Waals surface area contributed by atoms with Crippen molar-refractivity contribution in [3.8, 4) is 0 Å². The molecule has 0 bridgehead atoms. The molecule has 0 unspecified atom stereocenters. The van der Waals surface area contributed by atoms with Crippen LogP contribution in [0.5, 0.6) is 0 Å². The van der Waals surface area contributed by atoms with Crippen LogP contribution in [0.25, 0.3) is 0 Å². The lowest BCUT2D eigenvalue weighted by atomic mass is 10.1. The van der Waals surface area contributed by atoms with Crippen molar-refractivity contribution in [1.82, 2.24) is 4.98 Å². The molecule has 0 aliphatic carbocycles. The average Bonchev–Trinajstić information content (AvgIpc) is 2.42. The second-order valence-electron chi connectivity index (χ2n) is 4.27. The molecule has 108 valence electrons. The van der Waals surface area contributed by atoms with Gasteiger partial charge in [-0.05, 0) is 24.6 Å². The highest BCUT2D eigenvalue weighted by Gasteiger charge is 2.16. The minimum Gasteiger partial charge on any atom is -0.328 e. The first-order valence-corrected chi connectivity index (χ1v) is 6.21. The van der Waals surface area contributed by atoms with E-state index >= 15 is 0 Å². The Morgan fingerprint density at radius 3 is 2.67 bits per heavy atom. The third kappa shape index (κ3) is 3.26. The largest absolute Gasteiger partial charge is 0.328 e. The summed E-state index contributed by atoms with van der Waals surface area (Å²) in [5.74, 6) is -0.459. The first-order chi connectivity index (χ1) is 9.88. The van der Waals surface area contributed by atoms with E-state index < -0.39 is 10.8 Å². The maximum absolute atomic E-state index is 12.0. The molecule has 0 saturated heterocycles. The molecule has 21 heavy (non-hydrogen) atoms. The molecule has 1 aromatic carbocycles. The Hall–Kier alpha value is -2.67. The second kappa shape index (κ2) is 5.76. The SMILES string of the molecule is Cc1cc([N+](=O)[O-])c(Cl)cc1NC(=O)c1ccc(=O)[nH]c1. The predicted molar refractivity (Wildman–Crippen MR) is 77.9 cm³/mol. The number of benzene rings is 1. The van der Waals surface area contributed by atoms with Gasteiger partial charge in [-0.1, -0.05) is 11.6 Å². The van der Waals surface area contributed by atoms with Gasteiger partial charge in [-0.25, -0.2) is 0 Å². The molecule has 0 aliphatic rings. The van der Waals surface area contributed by atoms with E-state index in [1.165, 1.54) is 30.5 Å². The van der Waals surface area contributed by atoms with Crippen molar-refractivity contribution in [3.05, 3.63) is 67.1 Å². The molecule has 0 aliphatic heterocycles. The van der Waals surface area contributed by atoms with E-state index in [0.29, 0.717) is 11.3 Å². The molecule has 1 aromatic heterocycles. The summed E-state index contributed by atoms with van der Waals surface area (Å²) in [6.07, 6.45) is 1.28. The summed E-state index contributed by atoms with van der Waals surface area (Å²) in [4.78, 5) is 35.5. The van der Waals surface area contributed by atoms with Crippen LogP contribution >= 0.6 is 11.6 Å². The molecule has 0 radical (unpaired) electrons. The van der Waals surface area contributed by atoms with Crippen molar-refractivity contribution in [2.24, 2.45) is 0 Å². The fourth-order valence-corrected chi connectivity index (χ4v) is 1.92. The number of halogens is 1. The molecule has 2 N–H and O–H groups in total. The van der Waals surface area contributed by atoms with E-state index in [1.54, 1.807) is 6.92 Å². The zero-order valence-electron chi connectivity index (χ0n) is 10.8. The summed E-state index contributed by atoms with van der Waals surface area (Å²) in [5, 5.41) is 13.3. The van der Waals surface area contributed by atoms with Crippen LogP contribution in [-0.4, -0.2) is 15.8 Å². The van der Waals surface area contributed by atoms with Crippen molar-refractivity contribution in [3.63, 3.8) is 0 Å². The Morgan fingerprint density at radius 2 is 2.10 bits per heavy atom. The maximum atomic E-state index is 12.0. The van der Waals surface area contributed by atoms with Crippen LogP contribution in [0.4, 0.5) is 11.4 Å². The highest BCUT2D eigenvalue weighted by atomic mass is 35.5. The number of nitro groups is 1. The molecule has 7 nitrogen and oxygen atoms in total. The standard InChI is InChI=1S/C13H10ClN3O4/c1-7-4-11(17(20)21)9(14)5-10(7)16-13(19)8-2-3-12(18)15-6-8/h2-6H,1H3,(H,15,18)(H,16,19). The number of rotatable bonds is 3. The molecule has 2 aromatic rings. The number of aromatic nitrogens is 1. The van der Waals surface area contributed by atoms with E-state index in [9.17, 15) is 19.7 Å². The number of carbonyl (C=O) groups excluding carboxylic acids is 1. The fraction of sp³-hybridized carbons (Fsp3) is 0.0769. The molecular weight excluding hydrogens is 298 g/mol. The molecule has 0 fully saturated rings. The number of nitrogens with one attached hydrogen (secondary N) is 2. The van der Waals surface area contributed by atoms with Gasteiger partial charge in [-0.3, -0.25) is 19.7 Å². The average molecular weight is 308 g/mol. The van der Waals surface area contributed by atoms with E-state index in [0.717, 1.165) is 0 Å². The molecule has 0 atom stereocenters. The molecule has 8 heteroatoms. The van der Waals surface area contributed by atoms with Gasteiger partial charge in [0.2, 0.25) is 5.56 Å². The number of nitro benzene ring substituents is 1. The van der Waals surface area contributed by atoms with Crippen molar-refractivity contribution in [1.29, 1.82) is 0 Å². The van der Waals surface area contributed by atoms with Gasteiger partial charge in [0, 0.05) is 24.0 Å². The van der Waals surface area contributed by atoms with Gasteiger partial charge in [0.05, 0.1) is 10.5 Å². The number of nitrogens with zero attached hydrogens (tertiary/aromatic N) is 1. The lowest BCUT2D eigenvalue weighted by Gasteiger charge is -2.09. The third-order valence-corrected chi connectivity index (χ3v) is 3.09. The summed E-state index contributed by atoms with van der Waals surface area (Å²) < 4.78 is 0. The molecule has 1 amide bonds. The first-order valence-electron chi connectivity index (χ1n) is 5.83. The number of H-pyrrole nitrogens is 1. The zero-order chi connectivity index (χ0) is 15.6. The number of hydrogen-bond donors (Lipinski definition) is 2. The van der Waals surface area contributed by atoms with Gasteiger partial charge < -0.3 is 10.3 Å². The summed E-state index contributed by atoms with van der Waals surface area (Å²) in [5.41, 5.74) is 0.575. The highest BCUT2D eigenvalue weighted by Crippen LogP contribution is 2.30. The molecule has 0 spiro atoms. The Kier molecular flexibility index (Phi) is 4.04. The van der Waals surface area contributed by atoms with Crippen molar-refractivity contribution in [2.45, 2.75) is 6.92 Å². The van der Waals surface area contributed by atoms with Crippen molar-refractivity contribution in [2.75, 3.05) is 5.32 Å². The Bertz CT molecular complexity index is 765. The number of carbonyl (C=O) groups is 1. The predicted octanol–water partition coefficient (Wildman–Crippen LogP) is 2.50. The molecular formula is C13H10ClN3O4. The van der Waals surface area contributed by atoms with Crippen molar-refractivity contribution < 1.29 is 9.72 Å². The Labute approximate surface area is 123 Å². The van der Waals surface area contributed by atoms with Gasteiger partial charge >= 0.3 is 0 Å². The van der Waals surface area contributed by atoms with Gasteiger partial charge in [0.1, 0.15) is 5.02 Å². The number of amides is 1. The van der Waals surface area contributed by atoms with Crippen LogP contribution in [0.2, 0.25) is 5.02 Å². The second-order valence-corrected chi connectivity index (χ2v) is 4.68. The van der Waals surface area contributed by atoms with Crippen LogP contribution in [0.1, 0.15) is 15.9 Å². The van der Waals surface area contributed by atoms with Gasteiger partial charge in [0.15, 0.2) is 0 Å². The number of pyridine rings is 1. The number of aromatic amines is 1. The van der Waals surface area contributed by atoms with Crippen LogP contribution < -0.4 is 10.9 Å². The third-order valence-electron chi connectivity index (χ3n) is 2.79. The summed E-state index contributed by atoms with van der Waals surface area (Å²) >= 11 is 5.81. The van der Waals surface area contributed by atoms with Gasteiger partial charge in [-0.15, -0.1) is 0 Å². The lowest BCUT2D eigenvalue weighted by molar-refractivity contribution is -0.384. The monoisotopic (exact) mass is 307 g/mol. The molecule has 0 saturated carbocycles. The number of aryl methyl sites for hydroxylation is 1. The molecule has 1 heterocycles. The quantitative estimate of drug-likeness (QED) is 0.671. The lowest BCUT2D eigenvalue weighted by Crippen LogP contribution is -2.15. The van der Waals surface area contributed by atoms with E-state index in [-0.39, 0.29) is 21.8 Å². The topological polar surface area (TPSA) is 105 Å². The number of hydrogen-bond acceptors (Lipinski definition) is 4. The van der Waals surface area contributed by atoms with E-state index in [1.807, 2.05) is 0 Å². The smallest absolute Gasteiger partial charge is 0.288 e. The van der Waals surface area contributed by atoms with Gasteiger partial charge in [0.25, 0.3) is 11.6 Å². The normalized spacial score (nSPS) is 10.2. The minimum atomic E-state index is -0.594. The van der Waals surface area contributed by atoms with Crippen molar-refractivity contribution >= 4 is 28.9 Å². The van der Waals surface area contributed by atoms with E-state index in [2.05, 4.69) is 10.3 Å². The maximum Gasteiger partial charge on any atom is 0.288 e. The van der Waals surface area contributed by atoms with Crippen LogP contribution in [0.15, 0.2) is 35.3 Å². The fourth-order valence-electron chi connectivity index (χ4n) is 1.69. The Morgan fingerprint density at radius 1 is 1.38 bits per heavy atom. The summed E-state index contributed by atoms with van der Waals surface area (Å²) in [7, 11) is 0. The summed E-state index contributed by atoms with van der Waals surface area (Å²) in [6.45, 7) is 1.62. The highest BCUT2D eigenvalue weighted by molar-refractivity contribution is 6.33. The summed E-state index contributed by atoms with van der Waals surface area (Å²) in [6, 6.07) is 5.20. The minimum absolute atomic E-state index is 0.0673. The van der Waals surface area contributed by atoms with Crippen LogP contribution in [0, 0.1) is 17.0 Å². The van der Waals surface area contributed by atoms with Gasteiger partial charge in [-0.2, -0.15) is 0 Å². The first kappa shape index (κ1) is 14.7. The molecule has 2 rings (SSSR count). The van der Waals surface area contributed by atoms with E-state index in [4.69, 9.17) is 11.6 Å². The Balaban J connectivity index is 2.29. The zero-order valence-corrected chi connectivity index (χ0v) is 11.6. The van der Waals surface area contributed by atoms with Crippen LogP contribution in [0.3, 0.4) is 0 Å². The van der Waals surface area contributed by atoms with Crippen LogP contribution in [-0.2, 0) is 0 Å². The number of anilines is 1.